The van der Waals surface area contributed by atoms with Crippen LogP contribution in [0.4, 0.5) is 5.69 Å². The molecule has 0 bridgehead atoms. The minimum Gasteiger partial charge on any atom is -0.398 e. The number of nitrogen functional groups attached to an aromatic ring is 1. The van der Waals surface area contributed by atoms with Crippen molar-refractivity contribution < 1.29 is 8.42 Å². The van der Waals surface area contributed by atoms with Crippen LogP contribution in [0.25, 0.3) is 0 Å². The Hall–Kier alpha value is -1.29. The van der Waals surface area contributed by atoms with Crippen molar-refractivity contribution in [3.8, 4) is 6.07 Å². The van der Waals surface area contributed by atoms with Gasteiger partial charge in [-0.05, 0) is 30.5 Å². The van der Waals surface area contributed by atoms with Gasteiger partial charge in [0.1, 0.15) is 0 Å². The molecule has 116 valence electrons. The third-order valence-corrected chi connectivity index (χ3v) is 5.23. The summed E-state index contributed by atoms with van der Waals surface area (Å²) < 4.78 is 26.9. The number of nitrogens with two attached hydrogens (primary N) is 1. The molecule has 0 unspecified atom stereocenters. The third-order valence-electron chi connectivity index (χ3n) is 3.02. The second-order valence-electron chi connectivity index (χ2n) is 5.28. The summed E-state index contributed by atoms with van der Waals surface area (Å²) in [5.41, 5.74) is 6.62. The van der Waals surface area contributed by atoms with Crippen LogP contribution in [0, 0.1) is 24.2 Å². The molecule has 0 aromatic heterocycles. The van der Waals surface area contributed by atoms with Crippen molar-refractivity contribution >= 4 is 27.3 Å². The van der Waals surface area contributed by atoms with E-state index >= 15 is 0 Å². The van der Waals surface area contributed by atoms with Gasteiger partial charge in [-0.1, -0.05) is 25.4 Å². The highest BCUT2D eigenvalue weighted by Crippen LogP contribution is 2.28. The Morgan fingerprint density at radius 1 is 1.43 bits per heavy atom. The molecule has 0 saturated heterocycles. The maximum absolute atomic E-state index is 12.8. The lowest BCUT2D eigenvalue weighted by Gasteiger charge is -2.24. The Morgan fingerprint density at radius 2 is 2.05 bits per heavy atom. The molecule has 0 aliphatic rings. The average Bonchev–Trinajstić information content (AvgIpc) is 2.38. The predicted molar refractivity (Wildman–Crippen MR) is 84.4 cm³/mol. The molecule has 0 atom stereocenters. The predicted octanol–water partition coefficient (Wildman–Crippen LogP) is 2.79. The van der Waals surface area contributed by atoms with Crippen LogP contribution in [0.15, 0.2) is 17.0 Å². The number of benzene rings is 1. The van der Waals surface area contributed by atoms with Crippen LogP contribution in [0.2, 0.25) is 5.02 Å². The fourth-order valence-corrected chi connectivity index (χ4v) is 4.15. The Balaban J connectivity index is 3.32. The van der Waals surface area contributed by atoms with Gasteiger partial charge in [0, 0.05) is 30.2 Å². The Morgan fingerprint density at radius 3 is 2.57 bits per heavy atom. The summed E-state index contributed by atoms with van der Waals surface area (Å²) in [7, 11) is -3.73. The molecule has 0 spiro atoms. The Labute approximate surface area is 131 Å². The highest BCUT2D eigenvalue weighted by Gasteiger charge is 2.27. The van der Waals surface area contributed by atoms with Crippen molar-refractivity contribution in [1.82, 2.24) is 4.31 Å². The summed E-state index contributed by atoms with van der Waals surface area (Å²) in [5.74, 6) is 0.148. The Bertz CT molecular complexity index is 651. The van der Waals surface area contributed by atoms with E-state index in [1.54, 1.807) is 6.92 Å². The van der Waals surface area contributed by atoms with Crippen molar-refractivity contribution in [2.45, 2.75) is 32.1 Å². The topological polar surface area (TPSA) is 87.2 Å². The van der Waals surface area contributed by atoms with E-state index in [2.05, 4.69) is 0 Å². The fraction of sp³-hybridized carbons (Fsp3) is 0.500. The molecule has 0 aliphatic heterocycles. The van der Waals surface area contributed by atoms with Crippen molar-refractivity contribution in [2.75, 3.05) is 18.8 Å². The largest absolute Gasteiger partial charge is 0.398 e. The van der Waals surface area contributed by atoms with Crippen molar-refractivity contribution in [3.05, 3.63) is 22.7 Å². The molecule has 5 nitrogen and oxygen atoms in total. The van der Waals surface area contributed by atoms with E-state index in [0.717, 1.165) is 0 Å². The summed E-state index contributed by atoms with van der Waals surface area (Å²) >= 11 is 5.93. The first-order valence-corrected chi connectivity index (χ1v) is 8.44. The minimum atomic E-state index is -3.73. The second kappa shape index (κ2) is 7.12. The lowest BCUT2D eigenvalue weighted by molar-refractivity contribution is 0.372. The molecule has 0 heterocycles. The SMILES string of the molecule is Cc1c(N)cc(Cl)cc1S(=O)(=O)N(CCC#N)CC(C)C. The first-order valence-electron chi connectivity index (χ1n) is 6.62. The quantitative estimate of drug-likeness (QED) is 0.813. The van der Waals surface area contributed by atoms with Gasteiger partial charge in [-0.3, -0.25) is 0 Å². The van der Waals surface area contributed by atoms with E-state index in [1.807, 2.05) is 19.9 Å². The van der Waals surface area contributed by atoms with Crippen LogP contribution < -0.4 is 5.73 Å². The molecule has 0 fully saturated rings. The molecule has 1 rings (SSSR count). The standard InChI is InChI=1S/C14H20ClN3O2S/c1-10(2)9-18(6-4-5-16)21(19,20)14-8-12(15)7-13(17)11(14)3/h7-8,10H,4,6,9,17H2,1-3H3. The zero-order valence-electron chi connectivity index (χ0n) is 12.4. The molecule has 1 aromatic carbocycles. The molecule has 0 radical (unpaired) electrons. The van der Waals surface area contributed by atoms with Crippen LogP contribution in [-0.2, 0) is 10.0 Å². The number of nitrogens with zero attached hydrogens (tertiary/aromatic N) is 2. The van der Waals surface area contributed by atoms with Crippen LogP contribution in [0.5, 0.6) is 0 Å². The van der Waals surface area contributed by atoms with Crippen LogP contribution >= 0.6 is 11.6 Å². The van der Waals surface area contributed by atoms with Gasteiger partial charge in [0.05, 0.1) is 11.0 Å². The lowest BCUT2D eigenvalue weighted by atomic mass is 10.2. The normalized spacial score (nSPS) is 11.9. The zero-order valence-corrected chi connectivity index (χ0v) is 14.0. The van der Waals surface area contributed by atoms with Gasteiger partial charge in [-0.25, -0.2) is 8.42 Å². The van der Waals surface area contributed by atoms with Gasteiger partial charge in [-0.15, -0.1) is 0 Å². The average molecular weight is 330 g/mol. The van der Waals surface area contributed by atoms with Crippen LogP contribution in [0.1, 0.15) is 25.8 Å². The molecule has 0 saturated carbocycles. The maximum atomic E-state index is 12.8. The summed E-state index contributed by atoms with van der Waals surface area (Å²) in [6, 6.07) is 4.91. The van der Waals surface area contributed by atoms with Gasteiger partial charge in [0.15, 0.2) is 0 Å². The number of sulfonamides is 1. The summed E-state index contributed by atoms with van der Waals surface area (Å²) in [6.45, 7) is 6.00. The second-order valence-corrected chi connectivity index (χ2v) is 7.63. The first-order chi connectivity index (χ1) is 9.70. The van der Waals surface area contributed by atoms with E-state index in [4.69, 9.17) is 22.6 Å². The van der Waals surface area contributed by atoms with E-state index < -0.39 is 10.0 Å². The first kappa shape index (κ1) is 17.8. The van der Waals surface area contributed by atoms with Crippen molar-refractivity contribution in [2.24, 2.45) is 5.92 Å². The third kappa shape index (κ3) is 4.34. The molecular formula is C14H20ClN3O2S. The molecule has 0 amide bonds. The van der Waals surface area contributed by atoms with E-state index in [0.29, 0.717) is 17.8 Å². The van der Waals surface area contributed by atoms with Gasteiger partial charge >= 0.3 is 0 Å². The summed E-state index contributed by atoms with van der Waals surface area (Å²) in [6.07, 6.45) is 0.140. The van der Waals surface area contributed by atoms with Crippen molar-refractivity contribution in [3.63, 3.8) is 0 Å². The molecule has 7 heteroatoms. The lowest BCUT2D eigenvalue weighted by Crippen LogP contribution is -2.35. The van der Waals surface area contributed by atoms with E-state index in [-0.39, 0.29) is 28.8 Å². The van der Waals surface area contributed by atoms with Gasteiger partial charge in [-0.2, -0.15) is 9.57 Å². The summed E-state index contributed by atoms with van der Waals surface area (Å²) in [4.78, 5) is 0.103. The molecule has 1 aromatic rings. The molecule has 21 heavy (non-hydrogen) atoms. The number of nitriles is 1. The number of anilines is 1. The smallest absolute Gasteiger partial charge is 0.243 e. The zero-order chi connectivity index (χ0) is 16.2. The molecular weight excluding hydrogens is 310 g/mol. The van der Waals surface area contributed by atoms with Crippen molar-refractivity contribution in [1.29, 1.82) is 5.26 Å². The highest BCUT2D eigenvalue weighted by atomic mass is 35.5. The fourth-order valence-electron chi connectivity index (χ4n) is 1.97. The number of rotatable bonds is 6. The molecule has 0 aliphatic carbocycles. The highest BCUT2D eigenvalue weighted by molar-refractivity contribution is 7.89. The van der Waals surface area contributed by atoms with Gasteiger partial charge < -0.3 is 5.73 Å². The van der Waals surface area contributed by atoms with Crippen LogP contribution in [0.3, 0.4) is 0 Å². The van der Waals surface area contributed by atoms with E-state index in [9.17, 15) is 8.42 Å². The van der Waals surface area contributed by atoms with E-state index in [1.165, 1.54) is 16.4 Å². The number of hydrogen-bond acceptors (Lipinski definition) is 4. The number of halogens is 1. The summed E-state index contributed by atoms with van der Waals surface area (Å²) in [5, 5.41) is 8.99. The van der Waals surface area contributed by atoms with Gasteiger partial charge in [0.2, 0.25) is 10.0 Å². The van der Waals surface area contributed by atoms with Crippen LogP contribution in [-0.4, -0.2) is 25.8 Å². The Kier molecular flexibility index (Phi) is 6.02. The minimum absolute atomic E-state index is 0.103. The number of hydrogen-bond donors (Lipinski definition) is 1. The maximum Gasteiger partial charge on any atom is 0.243 e. The monoisotopic (exact) mass is 329 g/mol. The van der Waals surface area contributed by atoms with Gasteiger partial charge in [0.25, 0.3) is 0 Å². The molecule has 2 N–H and O–H groups in total.